The summed E-state index contributed by atoms with van der Waals surface area (Å²) in [6, 6.07) is 8.34. The first-order chi connectivity index (χ1) is 8.44. The van der Waals surface area contributed by atoms with Crippen molar-refractivity contribution in [2.45, 2.75) is 12.6 Å². The number of fused-ring (bicyclic) bond motifs is 1. The van der Waals surface area contributed by atoms with E-state index in [2.05, 4.69) is 4.98 Å². The van der Waals surface area contributed by atoms with Crippen LogP contribution in [0.2, 0.25) is 0 Å². The molecular formula is C12H11F3N2O. The summed E-state index contributed by atoms with van der Waals surface area (Å²) in [5.74, 6) is 0.177. The third kappa shape index (κ3) is 3.26. The number of aromatic nitrogens is 1. The zero-order valence-corrected chi connectivity index (χ0v) is 9.37. The number of hydrogen-bond donors (Lipinski definition) is 1. The van der Waals surface area contributed by atoms with Crippen molar-refractivity contribution in [3.8, 4) is 5.88 Å². The summed E-state index contributed by atoms with van der Waals surface area (Å²) in [5.41, 5.74) is 6.85. The normalized spacial score (nSPS) is 11.7. The van der Waals surface area contributed by atoms with E-state index in [4.69, 9.17) is 10.5 Å². The van der Waals surface area contributed by atoms with E-state index in [-0.39, 0.29) is 5.88 Å². The number of hydrogen-bond acceptors (Lipinski definition) is 3. The van der Waals surface area contributed by atoms with Gasteiger partial charge in [-0.1, -0.05) is 0 Å². The number of pyridine rings is 1. The number of rotatable bonds is 3. The van der Waals surface area contributed by atoms with E-state index in [0.29, 0.717) is 11.2 Å². The predicted molar refractivity (Wildman–Crippen MR) is 62.3 cm³/mol. The minimum absolute atomic E-state index is 0.177. The second-order valence-corrected chi connectivity index (χ2v) is 3.82. The van der Waals surface area contributed by atoms with Crippen LogP contribution < -0.4 is 10.5 Å². The van der Waals surface area contributed by atoms with Gasteiger partial charge in [0.05, 0.1) is 18.5 Å². The summed E-state index contributed by atoms with van der Waals surface area (Å²) in [6.45, 7) is -0.434. The quantitative estimate of drug-likeness (QED) is 0.858. The molecule has 1 aromatic carbocycles. The molecule has 0 amide bonds. The van der Waals surface area contributed by atoms with Gasteiger partial charge in [-0.15, -0.1) is 0 Å². The molecule has 0 saturated heterocycles. The van der Waals surface area contributed by atoms with Gasteiger partial charge in [-0.05, 0) is 24.3 Å². The van der Waals surface area contributed by atoms with Crippen LogP contribution in [0.4, 0.5) is 18.9 Å². The van der Waals surface area contributed by atoms with Crippen molar-refractivity contribution >= 4 is 16.6 Å². The van der Waals surface area contributed by atoms with E-state index in [9.17, 15) is 13.2 Å². The Hall–Kier alpha value is -1.98. The van der Waals surface area contributed by atoms with E-state index in [0.717, 1.165) is 5.39 Å². The van der Waals surface area contributed by atoms with Crippen LogP contribution in [0, 0.1) is 0 Å². The van der Waals surface area contributed by atoms with Crippen molar-refractivity contribution in [2.24, 2.45) is 0 Å². The van der Waals surface area contributed by atoms with E-state index < -0.39 is 19.2 Å². The standard InChI is InChI=1S/C12H11F3N2O/c13-12(14,15)5-6-18-11-4-1-8-7-9(16)2-3-10(8)17-11/h1-4,7H,5-6,16H2. The summed E-state index contributed by atoms with van der Waals surface area (Å²) in [7, 11) is 0. The van der Waals surface area contributed by atoms with E-state index >= 15 is 0 Å². The molecule has 2 aromatic rings. The maximum absolute atomic E-state index is 11.9. The minimum atomic E-state index is -4.22. The molecule has 0 aliphatic rings. The number of halogens is 3. The zero-order valence-electron chi connectivity index (χ0n) is 9.37. The number of nitrogens with two attached hydrogens (primary N) is 1. The summed E-state index contributed by atoms with van der Waals surface area (Å²) in [5, 5.41) is 0.818. The van der Waals surface area contributed by atoms with Gasteiger partial charge in [0.25, 0.3) is 0 Å². The second-order valence-electron chi connectivity index (χ2n) is 3.82. The Kier molecular flexibility index (Phi) is 3.27. The molecule has 18 heavy (non-hydrogen) atoms. The highest BCUT2D eigenvalue weighted by Gasteiger charge is 2.26. The van der Waals surface area contributed by atoms with Crippen molar-refractivity contribution < 1.29 is 17.9 Å². The van der Waals surface area contributed by atoms with Crippen LogP contribution in [0.5, 0.6) is 5.88 Å². The van der Waals surface area contributed by atoms with Gasteiger partial charge in [-0.25, -0.2) is 4.98 Å². The van der Waals surface area contributed by atoms with E-state index in [1.165, 1.54) is 6.07 Å². The maximum Gasteiger partial charge on any atom is 0.392 e. The van der Waals surface area contributed by atoms with E-state index in [1.807, 2.05) is 0 Å². The third-order valence-corrected chi connectivity index (χ3v) is 2.32. The van der Waals surface area contributed by atoms with Crippen molar-refractivity contribution in [3.63, 3.8) is 0 Å². The van der Waals surface area contributed by atoms with Crippen LogP contribution in [0.25, 0.3) is 10.9 Å². The Morgan fingerprint density at radius 3 is 2.67 bits per heavy atom. The van der Waals surface area contributed by atoms with Gasteiger partial charge in [0.1, 0.15) is 0 Å². The fraction of sp³-hybridized carbons (Fsp3) is 0.250. The molecule has 0 bridgehead atoms. The van der Waals surface area contributed by atoms with Crippen molar-refractivity contribution in [1.82, 2.24) is 4.98 Å². The molecule has 6 heteroatoms. The summed E-state index contributed by atoms with van der Waals surface area (Å²) in [4.78, 5) is 4.09. The van der Waals surface area contributed by atoms with Gasteiger partial charge in [0.2, 0.25) is 5.88 Å². The molecule has 0 saturated carbocycles. The minimum Gasteiger partial charge on any atom is -0.477 e. The predicted octanol–water partition coefficient (Wildman–Crippen LogP) is 3.15. The molecule has 1 aromatic heterocycles. The highest BCUT2D eigenvalue weighted by Crippen LogP contribution is 2.21. The molecule has 0 unspecified atom stereocenters. The van der Waals surface area contributed by atoms with Crippen LogP contribution in [0.3, 0.4) is 0 Å². The second kappa shape index (κ2) is 4.72. The molecule has 96 valence electrons. The van der Waals surface area contributed by atoms with Crippen LogP contribution in [-0.2, 0) is 0 Å². The molecular weight excluding hydrogens is 245 g/mol. The lowest BCUT2D eigenvalue weighted by molar-refractivity contribution is -0.139. The molecule has 0 aliphatic carbocycles. The number of ether oxygens (including phenoxy) is 1. The van der Waals surface area contributed by atoms with Gasteiger partial charge in [-0.3, -0.25) is 0 Å². The average molecular weight is 256 g/mol. The van der Waals surface area contributed by atoms with Gasteiger partial charge in [0, 0.05) is 17.1 Å². The van der Waals surface area contributed by atoms with Crippen LogP contribution in [0.15, 0.2) is 30.3 Å². The molecule has 0 radical (unpaired) electrons. The highest BCUT2D eigenvalue weighted by molar-refractivity contribution is 5.82. The lowest BCUT2D eigenvalue weighted by Gasteiger charge is -2.08. The lowest BCUT2D eigenvalue weighted by Crippen LogP contribution is -2.13. The monoisotopic (exact) mass is 256 g/mol. The smallest absolute Gasteiger partial charge is 0.392 e. The van der Waals surface area contributed by atoms with Crippen LogP contribution >= 0.6 is 0 Å². The first-order valence-corrected chi connectivity index (χ1v) is 5.30. The Labute approximate surface area is 101 Å². The molecule has 0 atom stereocenters. The largest absolute Gasteiger partial charge is 0.477 e. The summed E-state index contributed by atoms with van der Waals surface area (Å²) in [6.07, 6.45) is -5.21. The molecule has 1 heterocycles. The molecule has 0 spiro atoms. The maximum atomic E-state index is 11.9. The molecule has 0 aliphatic heterocycles. The van der Waals surface area contributed by atoms with Gasteiger partial charge in [0.15, 0.2) is 0 Å². The topological polar surface area (TPSA) is 48.1 Å². The van der Waals surface area contributed by atoms with Crippen molar-refractivity contribution in [3.05, 3.63) is 30.3 Å². The SMILES string of the molecule is Nc1ccc2nc(OCCC(F)(F)F)ccc2c1. The molecule has 3 nitrogen and oxygen atoms in total. The van der Waals surface area contributed by atoms with Crippen LogP contribution in [0.1, 0.15) is 6.42 Å². The third-order valence-electron chi connectivity index (χ3n) is 2.32. The summed E-state index contributed by atoms with van der Waals surface area (Å²) < 4.78 is 40.8. The van der Waals surface area contributed by atoms with Gasteiger partial charge >= 0.3 is 6.18 Å². The Bertz CT molecular complexity index is 555. The van der Waals surface area contributed by atoms with Crippen molar-refractivity contribution in [2.75, 3.05) is 12.3 Å². The van der Waals surface area contributed by atoms with Gasteiger partial charge in [-0.2, -0.15) is 13.2 Å². The Balaban J connectivity index is 2.08. The van der Waals surface area contributed by atoms with Gasteiger partial charge < -0.3 is 10.5 Å². The Morgan fingerprint density at radius 1 is 1.17 bits per heavy atom. The fourth-order valence-electron chi connectivity index (χ4n) is 1.48. The first kappa shape index (κ1) is 12.5. The summed E-state index contributed by atoms with van der Waals surface area (Å²) >= 11 is 0. The number of benzene rings is 1. The molecule has 2 rings (SSSR count). The van der Waals surface area contributed by atoms with Crippen molar-refractivity contribution in [1.29, 1.82) is 0 Å². The first-order valence-electron chi connectivity index (χ1n) is 5.30. The lowest BCUT2D eigenvalue weighted by atomic mass is 10.2. The molecule has 2 N–H and O–H groups in total. The number of nitrogen functional groups attached to an aromatic ring is 1. The highest BCUT2D eigenvalue weighted by atomic mass is 19.4. The number of anilines is 1. The average Bonchev–Trinajstić information content (AvgIpc) is 2.27. The molecule has 0 fully saturated rings. The van der Waals surface area contributed by atoms with E-state index in [1.54, 1.807) is 24.3 Å². The number of alkyl halides is 3. The van der Waals surface area contributed by atoms with Crippen LogP contribution in [-0.4, -0.2) is 17.8 Å². The fourth-order valence-corrected chi connectivity index (χ4v) is 1.48. The zero-order chi connectivity index (χ0) is 13.2. The Morgan fingerprint density at radius 2 is 1.94 bits per heavy atom. The number of nitrogens with zero attached hydrogens (tertiary/aromatic N) is 1.